The number of aromatic nitrogens is 2. The molecule has 5 heteroatoms. The van der Waals surface area contributed by atoms with Crippen LogP contribution in [0.4, 0.5) is 4.79 Å². The number of ether oxygens (including phenoxy) is 1. The molecule has 22 heavy (non-hydrogen) atoms. The van der Waals surface area contributed by atoms with Gasteiger partial charge in [0, 0.05) is 36.0 Å². The van der Waals surface area contributed by atoms with Crippen molar-refractivity contribution >= 4 is 6.09 Å². The van der Waals surface area contributed by atoms with Crippen molar-refractivity contribution in [2.75, 3.05) is 13.1 Å². The Labute approximate surface area is 131 Å². The SMILES string of the molecule is CC(C)(C)OC(=O)N1CC2(CC(c3cc(C4CC4)[nH]n3)C2)C1. The van der Waals surface area contributed by atoms with E-state index in [1.807, 2.05) is 25.7 Å². The Morgan fingerprint density at radius 3 is 2.59 bits per heavy atom. The van der Waals surface area contributed by atoms with E-state index < -0.39 is 5.60 Å². The first-order valence-electron chi connectivity index (χ1n) is 8.37. The molecule has 120 valence electrons. The fourth-order valence-electron chi connectivity index (χ4n) is 3.84. The highest BCUT2D eigenvalue weighted by Crippen LogP contribution is 2.56. The van der Waals surface area contributed by atoms with Crippen LogP contribution in [0.5, 0.6) is 0 Å². The van der Waals surface area contributed by atoms with Crippen LogP contribution in [0, 0.1) is 5.41 Å². The number of nitrogens with one attached hydrogen (secondary N) is 1. The molecule has 0 radical (unpaired) electrons. The monoisotopic (exact) mass is 303 g/mol. The second kappa shape index (κ2) is 4.49. The molecule has 0 bridgehead atoms. The lowest BCUT2D eigenvalue weighted by Gasteiger charge is -2.58. The van der Waals surface area contributed by atoms with E-state index in [0.717, 1.165) is 31.8 Å². The summed E-state index contributed by atoms with van der Waals surface area (Å²) in [5.41, 5.74) is 2.47. The first kappa shape index (κ1) is 14.1. The summed E-state index contributed by atoms with van der Waals surface area (Å²) in [6, 6.07) is 2.26. The third kappa shape index (κ3) is 2.50. The van der Waals surface area contributed by atoms with Crippen LogP contribution in [0.15, 0.2) is 6.07 Å². The first-order valence-corrected chi connectivity index (χ1v) is 8.37. The van der Waals surface area contributed by atoms with Crippen LogP contribution < -0.4 is 0 Å². The van der Waals surface area contributed by atoms with Gasteiger partial charge in [0.1, 0.15) is 5.60 Å². The average Bonchev–Trinajstić information content (AvgIpc) is 3.03. The highest BCUT2D eigenvalue weighted by molar-refractivity contribution is 5.69. The summed E-state index contributed by atoms with van der Waals surface area (Å²) in [5.74, 6) is 1.31. The van der Waals surface area contributed by atoms with Crippen LogP contribution in [0.2, 0.25) is 0 Å². The summed E-state index contributed by atoms with van der Waals surface area (Å²) in [7, 11) is 0. The lowest BCUT2D eigenvalue weighted by atomic mass is 9.57. The summed E-state index contributed by atoms with van der Waals surface area (Å²) in [4.78, 5) is 13.8. The van der Waals surface area contributed by atoms with Gasteiger partial charge in [-0.15, -0.1) is 0 Å². The molecule has 5 nitrogen and oxygen atoms in total. The zero-order valence-electron chi connectivity index (χ0n) is 13.7. The average molecular weight is 303 g/mol. The Balaban J connectivity index is 1.28. The van der Waals surface area contributed by atoms with Gasteiger partial charge in [-0.3, -0.25) is 5.10 Å². The Morgan fingerprint density at radius 2 is 2.00 bits per heavy atom. The maximum atomic E-state index is 12.0. The Bertz CT molecular complexity index is 583. The van der Waals surface area contributed by atoms with E-state index in [1.54, 1.807) is 0 Å². The van der Waals surface area contributed by atoms with Gasteiger partial charge in [0.15, 0.2) is 0 Å². The second-order valence-electron chi connectivity index (χ2n) is 8.46. The minimum atomic E-state index is -0.407. The van der Waals surface area contributed by atoms with Gasteiger partial charge >= 0.3 is 6.09 Å². The first-order chi connectivity index (χ1) is 10.3. The van der Waals surface area contributed by atoms with Crippen LogP contribution in [0.3, 0.4) is 0 Å². The smallest absolute Gasteiger partial charge is 0.410 e. The molecule has 1 aliphatic heterocycles. The lowest BCUT2D eigenvalue weighted by molar-refractivity contribution is -0.0791. The molecule has 1 aromatic rings. The van der Waals surface area contributed by atoms with Crippen LogP contribution in [0.1, 0.15) is 69.7 Å². The normalized spacial score (nSPS) is 24.0. The van der Waals surface area contributed by atoms with Crippen molar-refractivity contribution in [1.29, 1.82) is 0 Å². The van der Waals surface area contributed by atoms with E-state index in [1.165, 1.54) is 24.2 Å². The molecule has 0 unspecified atom stereocenters. The lowest BCUT2D eigenvalue weighted by Crippen LogP contribution is -2.63. The van der Waals surface area contributed by atoms with Gasteiger partial charge in [-0.2, -0.15) is 5.10 Å². The number of aromatic amines is 1. The summed E-state index contributed by atoms with van der Waals surface area (Å²) in [6.07, 6.45) is 4.75. The highest BCUT2D eigenvalue weighted by Gasteiger charge is 2.55. The third-order valence-electron chi connectivity index (χ3n) is 5.12. The molecular formula is C17H25N3O2. The molecule has 0 aromatic carbocycles. The van der Waals surface area contributed by atoms with Gasteiger partial charge in [0.25, 0.3) is 0 Å². The molecule has 1 aromatic heterocycles. The highest BCUT2D eigenvalue weighted by atomic mass is 16.6. The van der Waals surface area contributed by atoms with Gasteiger partial charge in [-0.1, -0.05) is 0 Å². The number of nitrogens with zero attached hydrogens (tertiary/aromatic N) is 2. The van der Waals surface area contributed by atoms with E-state index in [9.17, 15) is 4.79 Å². The van der Waals surface area contributed by atoms with Gasteiger partial charge in [-0.25, -0.2) is 4.79 Å². The number of hydrogen-bond donors (Lipinski definition) is 1. The topological polar surface area (TPSA) is 58.2 Å². The maximum Gasteiger partial charge on any atom is 0.410 e. The predicted molar refractivity (Wildman–Crippen MR) is 82.8 cm³/mol. The standard InChI is InChI=1S/C17H25N3O2/c1-16(2,3)22-15(21)20-9-17(10-20)7-12(8-17)14-6-13(18-19-14)11-4-5-11/h6,11-12H,4-5,7-10H2,1-3H3,(H,18,19). The molecule has 0 atom stereocenters. The van der Waals surface area contributed by atoms with Crippen molar-refractivity contribution in [3.8, 4) is 0 Å². The molecule has 1 spiro atoms. The van der Waals surface area contributed by atoms with Gasteiger partial charge in [0.2, 0.25) is 0 Å². The minimum Gasteiger partial charge on any atom is -0.444 e. The molecule has 2 aliphatic carbocycles. The van der Waals surface area contributed by atoms with Gasteiger partial charge < -0.3 is 9.64 Å². The summed E-state index contributed by atoms with van der Waals surface area (Å²) >= 11 is 0. The molecule has 2 saturated carbocycles. The Morgan fingerprint density at radius 1 is 1.32 bits per heavy atom. The zero-order valence-corrected chi connectivity index (χ0v) is 13.7. The van der Waals surface area contributed by atoms with Crippen LogP contribution >= 0.6 is 0 Å². The molecule has 1 saturated heterocycles. The van der Waals surface area contributed by atoms with Crippen molar-refractivity contribution in [2.45, 2.75) is 63.9 Å². The molecule has 1 amide bonds. The molecular weight excluding hydrogens is 278 g/mol. The van der Waals surface area contributed by atoms with Gasteiger partial charge in [0.05, 0.1) is 5.69 Å². The number of hydrogen-bond acceptors (Lipinski definition) is 3. The summed E-state index contributed by atoms with van der Waals surface area (Å²) < 4.78 is 5.42. The molecule has 3 fully saturated rings. The number of rotatable bonds is 2. The van der Waals surface area contributed by atoms with Gasteiger partial charge in [-0.05, 0) is 52.5 Å². The fourth-order valence-corrected chi connectivity index (χ4v) is 3.84. The van der Waals surface area contributed by atoms with Crippen molar-refractivity contribution in [1.82, 2.24) is 15.1 Å². The summed E-state index contributed by atoms with van der Waals surface area (Å²) in [5, 5.41) is 7.69. The molecule has 1 N–H and O–H groups in total. The van der Waals surface area contributed by atoms with E-state index >= 15 is 0 Å². The fraction of sp³-hybridized carbons (Fsp3) is 0.765. The number of H-pyrrole nitrogens is 1. The van der Waals surface area contributed by atoms with Crippen LogP contribution in [-0.2, 0) is 4.74 Å². The van der Waals surface area contributed by atoms with E-state index in [2.05, 4.69) is 16.3 Å². The van der Waals surface area contributed by atoms with E-state index in [4.69, 9.17) is 4.74 Å². The Kier molecular flexibility index (Phi) is 2.88. The largest absolute Gasteiger partial charge is 0.444 e. The third-order valence-corrected chi connectivity index (χ3v) is 5.12. The second-order valence-corrected chi connectivity index (χ2v) is 8.46. The van der Waals surface area contributed by atoms with Crippen molar-refractivity contribution in [3.63, 3.8) is 0 Å². The van der Waals surface area contributed by atoms with Crippen molar-refractivity contribution in [3.05, 3.63) is 17.5 Å². The van der Waals surface area contributed by atoms with E-state index in [-0.39, 0.29) is 6.09 Å². The Hall–Kier alpha value is -1.52. The zero-order chi connectivity index (χ0) is 15.5. The quantitative estimate of drug-likeness (QED) is 0.911. The predicted octanol–water partition coefficient (Wildman–Crippen LogP) is 3.40. The number of carbonyl (C=O) groups excluding carboxylic acids is 1. The molecule has 4 rings (SSSR count). The van der Waals surface area contributed by atoms with Crippen molar-refractivity contribution < 1.29 is 9.53 Å². The van der Waals surface area contributed by atoms with Crippen LogP contribution in [0.25, 0.3) is 0 Å². The summed E-state index contributed by atoms with van der Waals surface area (Å²) in [6.45, 7) is 7.43. The molecule has 3 aliphatic rings. The number of likely N-dealkylation sites (tertiary alicyclic amines) is 1. The van der Waals surface area contributed by atoms with E-state index in [0.29, 0.717) is 11.3 Å². The minimum absolute atomic E-state index is 0.169. The maximum absolute atomic E-state index is 12.0. The molecule has 2 heterocycles. The van der Waals surface area contributed by atoms with Crippen LogP contribution in [-0.4, -0.2) is 39.9 Å². The number of carbonyl (C=O) groups is 1. The number of amides is 1. The van der Waals surface area contributed by atoms with Crippen molar-refractivity contribution in [2.24, 2.45) is 5.41 Å².